The van der Waals surface area contributed by atoms with Crippen LogP contribution in [0.25, 0.3) is 0 Å². The number of hydrogen-bond donors (Lipinski definition) is 2. The molecular weight excluding hydrogens is 400 g/mol. The van der Waals surface area contributed by atoms with Crippen molar-refractivity contribution in [2.45, 2.75) is 76.5 Å². The largest absolute Gasteiger partial charge is 0.480 e. The molecule has 8 heteroatoms. The number of benzene rings is 1. The minimum absolute atomic E-state index is 0. The van der Waals surface area contributed by atoms with E-state index in [1.807, 2.05) is 30.3 Å². The van der Waals surface area contributed by atoms with Gasteiger partial charge in [-0.3, -0.25) is 14.9 Å². The molecule has 3 rings (SSSR count). The Kier molecular flexibility index (Phi) is 9.00. The number of likely N-dealkylation sites (tertiary alicyclic amines) is 1. The van der Waals surface area contributed by atoms with E-state index in [0.29, 0.717) is 19.3 Å². The van der Waals surface area contributed by atoms with Gasteiger partial charge in [-0.2, -0.15) is 0 Å². The van der Waals surface area contributed by atoms with E-state index in [1.54, 1.807) is 18.7 Å². The molecular formula is C23H34N2O6. The van der Waals surface area contributed by atoms with E-state index >= 15 is 0 Å². The van der Waals surface area contributed by atoms with E-state index in [4.69, 9.17) is 4.74 Å². The smallest absolute Gasteiger partial charge is 0.326 e. The van der Waals surface area contributed by atoms with Gasteiger partial charge in [-0.05, 0) is 57.4 Å². The fourth-order valence-electron chi connectivity index (χ4n) is 4.89. The molecule has 172 valence electrons. The highest BCUT2D eigenvalue weighted by Crippen LogP contribution is 2.41. The van der Waals surface area contributed by atoms with Crippen molar-refractivity contribution < 1.29 is 29.7 Å². The standard InChI is InChI=1S/C23H32N2O5.H2O/c1-3-30-23(29)18(13-12-16-8-5-4-6-9-16)24-15(2)21(26)25-19-11-7-10-17(19)14-20(25)22(27)28;/h4-6,8-9,15,17-20,24H,3,7,10-14H2,1-2H3,(H,27,28);1H2/t15-,17-,18-,19-,20-;/m0./s1. The number of ether oxygens (including phenoxy) is 1. The maximum Gasteiger partial charge on any atom is 0.326 e. The predicted molar refractivity (Wildman–Crippen MR) is 115 cm³/mol. The molecule has 4 N–H and O–H groups in total. The number of fused-ring (bicyclic) bond motifs is 1. The molecule has 2 fully saturated rings. The minimum atomic E-state index is -0.948. The summed E-state index contributed by atoms with van der Waals surface area (Å²) in [4.78, 5) is 39.1. The summed E-state index contributed by atoms with van der Waals surface area (Å²) in [5.74, 6) is -1.31. The number of rotatable bonds is 9. The zero-order valence-electron chi connectivity index (χ0n) is 18.3. The summed E-state index contributed by atoms with van der Waals surface area (Å²) in [6, 6.07) is 7.76. The minimum Gasteiger partial charge on any atom is -0.480 e. The van der Waals surface area contributed by atoms with Gasteiger partial charge in [0.05, 0.1) is 12.6 Å². The van der Waals surface area contributed by atoms with E-state index in [2.05, 4.69) is 5.32 Å². The molecule has 0 spiro atoms. The van der Waals surface area contributed by atoms with Gasteiger partial charge in [0.15, 0.2) is 0 Å². The molecule has 1 aliphatic carbocycles. The van der Waals surface area contributed by atoms with Crippen molar-refractivity contribution in [2.24, 2.45) is 5.92 Å². The summed E-state index contributed by atoms with van der Waals surface area (Å²) in [7, 11) is 0. The molecule has 1 aliphatic heterocycles. The van der Waals surface area contributed by atoms with Gasteiger partial charge < -0.3 is 20.2 Å². The highest BCUT2D eigenvalue weighted by molar-refractivity contribution is 5.88. The van der Waals surface area contributed by atoms with Crippen molar-refractivity contribution in [1.29, 1.82) is 0 Å². The Morgan fingerprint density at radius 2 is 1.94 bits per heavy atom. The van der Waals surface area contributed by atoms with Crippen molar-refractivity contribution in [3.05, 3.63) is 35.9 Å². The molecule has 0 aromatic heterocycles. The third kappa shape index (κ3) is 5.83. The Morgan fingerprint density at radius 3 is 2.58 bits per heavy atom. The zero-order valence-corrected chi connectivity index (χ0v) is 18.3. The normalized spacial score (nSPS) is 24.1. The fraction of sp³-hybridized carbons (Fsp3) is 0.609. The topological polar surface area (TPSA) is 127 Å². The molecule has 8 nitrogen and oxygen atoms in total. The van der Waals surface area contributed by atoms with Gasteiger partial charge >= 0.3 is 11.9 Å². The number of nitrogens with zero attached hydrogens (tertiary/aromatic N) is 1. The number of amides is 1. The number of esters is 1. The van der Waals surface area contributed by atoms with Crippen LogP contribution in [-0.2, 0) is 25.5 Å². The van der Waals surface area contributed by atoms with Crippen molar-refractivity contribution >= 4 is 17.8 Å². The molecule has 1 saturated carbocycles. The highest BCUT2D eigenvalue weighted by atomic mass is 16.5. The number of carboxylic acids is 1. The van der Waals surface area contributed by atoms with Crippen LogP contribution in [0.2, 0.25) is 0 Å². The maximum atomic E-state index is 13.2. The Labute approximate surface area is 183 Å². The van der Waals surface area contributed by atoms with Crippen molar-refractivity contribution in [3.63, 3.8) is 0 Å². The van der Waals surface area contributed by atoms with Crippen LogP contribution >= 0.6 is 0 Å². The van der Waals surface area contributed by atoms with Gasteiger partial charge in [0, 0.05) is 6.04 Å². The second-order valence-electron chi connectivity index (χ2n) is 8.31. The van der Waals surface area contributed by atoms with E-state index in [9.17, 15) is 19.5 Å². The lowest BCUT2D eigenvalue weighted by Gasteiger charge is -2.31. The van der Waals surface area contributed by atoms with Crippen LogP contribution < -0.4 is 5.32 Å². The Balaban J connectivity index is 0.00000341. The van der Waals surface area contributed by atoms with E-state index in [1.165, 1.54) is 0 Å². The van der Waals surface area contributed by atoms with Crippen LogP contribution in [0.1, 0.15) is 51.5 Å². The van der Waals surface area contributed by atoms with Crippen LogP contribution in [0.4, 0.5) is 0 Å². The molecule has 1 amide bonds. The van der Waals surface area contributed by atoms with Crippen LogP contribution in [-0.4, -0.2) is 64.1 Å². The summed E-state index contributed by atoms with van der Waals surface area (Å²) >= 11 is 0. The maximum absolute atomic E-state index is 13.2. The number of aliphatic carboxylic acids is 1. The summed E-state index contributed by atoms with van der Waals surface area (Å²) in [5.41, 5.74) is 1.10. The fourth-order valence-corrected chi connectivity index (χ4v) is 4.89. The number of nitrogens with one attached hydrogen (secondary N) is 1. The van der Waals surface area contributed by atoms with Crippen molar-refractivity contribution in [1.82, 2.24) is 10.2 Å². The first-order chi connectivity index (χ1) is 14.4. The number of carboxylic acid groups (broad SMARTS) is 1. The third-order valence-corrected chi connectivity index (χ3v) is 6.33. The molecule has 0 unspecified atom stereocenters. The number of aryl methyl sites for hydroxylation is 1. The molecule has 0 radical (unpaired) electrons. The molecule has 0 bridgehead atoms. The quantitative estimate of drug-likeness (QED) is 0.568. The lowest BCUT2D eigenvalue weighted by Crippen LogP contribution is -2.55. The van der Waals surface area contributed by atoms with Crippen LogP contribution in [0.3, 0.4) is 0 Å². The van der Waals surface area contributed by atoms with Gasteiger partial charge in [0.2, 0.25) is 5.91 Å². The van der Waals surface area contributed by atoms with Gasteiger partial charge in [-0.15, -0.1) is 0 Å². The summed E-state index contributed by atoms with van der Waals surface area (Å²) < 4.78 is 5.21. The molecule has 1 aromatic carbocycles. The SMILES string of the molecule is CCOC(=O)[C@H](CCc1ccccc1)N[C@@H](C)C(=O)N1[C@H](C(=O)O)C[C@@H]2CCC[C@@H]21.O. The average molecular weight is 435 g/mol. The molecule has 31 heavy (non-hydrogen) atoms. The molecule has 1 heterocycles. The zero-order chi connectivity index (χ0) is 21.7. The molecule has 5 atom stereocenters. The van der Waals surface area contributed by atoms with Crippen LogP contribution in [0.15, 0.2) is 30.3 Å². The van der Waals surface area contributed by atoms with E-state index in [-0.39, 0.29) is 35.9 Å². The first-order valence-corrected chi connectivity index (χ1v) is 10.9. The summed E-state index contributed by atoms with van der Waals surface area (Å²) in [6.45, 7) is 3.72. The predicted octanol–water partition coefficient (Wildman–Crippen LogP) is 1.56. The van der Waals surface area contributed by atoms with E-state index < -0.39 is 24.1 Å². The lowest BCUT2D eigenvalue weighted by atomic mass is 10.0. The van der Waals surface area contributed by atoms with E-state index in [0.717, 1.165) is 24.8 Å². The van der Waals surface area contributed by atoms with Gasteiger partial charge in [-0.1, -0.05) is 36.8 Å². The average Bonchev–Trinajstić information content (AvgIpc) is 3.32. The Morgan fingerprint density at radius 1 is 1.23 bits per heavy atom. The molecule has 1 saturated heterocycles. The first-order valence-electron chi connectivity index (χ1n) is 10.9. The Hall–Kier alpha value is -2.45. The summed E-state index contributed by atoms with van der Waals surface area (Å²) in [6.07, 6.45) is 4.54. The lowest BCUT2D eigenvalue weighted by molar-refractivity contribution is -0.151. The van der Waals surface area contributed by atoms with Gasteiger partial charge in [0.1, 0.15) is 12.1 Å². The first kappa shape index (κ1) is 24.8. The molecule has 2 aliphatic rings. The monoisotopic (exact) mass is 434 g/mol. The Bertz CT molecular complexity index is 756. The highest BCUT2D eigenvalue weighted by Gasteiger charge is 2.49. The third-order valence-electron chi connectivity index (χ3n) is 6.33. The van der Waals surface area contributed by atoms with Crippen molar-refractivity contribution in [2.75, 3.05) is 6.61 Å². The second-order valence-corrected chi connectivity index (χ2v) is 8.31. The van der Waals surface area contributed by atoms with Crippen LogP contribution in [0.5, 0.6) is 0 Å². The second kappa shape index (κ2) is 11.2. The summed E-state index contributed by atoms with van der Waals surface area (Å²) in [5, 5.41) is 12.8. The van der Waals surface area contributed by atoms with Crippen molar-refractivity contribution in [3.8, 4) is 0 Å². The number of hydrogen-bond acceptors (Lipinski definition) is 5. The van der Waals surface area contributed by atoms with Crippen LogP contribution in [0, 0.1) is 5.92 Å². The molecule has 1 aromatic rings. The number of carbonyl (C=O) groups excluding carboxylic acids is 2. The van der Waals surface area contributed by atoms with Gasteiger partial charge in [-0.25, -0.2) is 4.79 Å². The number of carbonyl (C=O) groups is 3. The van der Waals surface area contributed by atoms with Gasteiger partial charge in [0.25, 0.3) is 0 Å².